The summed E-state index contributed by atoms with van der Waals surface area (Å²) in [5.41, 5.74) is 0.513. The van der Waals surface area contributed by atoms with E-state index in [2.05, 4.69) is 17.2 Å². The molecule has 18 heavy (non-hydrogen) atoms. The normalized spacial score (nSPS) is 11.4. The number of nitrogens with one attached hydrogen (secondary N) is 2. The summed E-state index contributed by atoms with van der Waals surface area (Å²) < 4.78 is 0. The van der Waals surface area contributed by atoms with E-state index in [1.807, 2.05) is 6.07 Å². The van der Waals surface area contributed by atoms with Crippen molar-refractivity contribution >= 4 is 23.4 Å². The monoisotopic (exact) mass is 266 g/mol. The number of benzene rings is 1. The van der Waals surface area contributed by atoms with E-state index < -0.39 is 6.04 Å². The number of carbonyl (C=O) groups excluding carboxylic acids is 2. The second-order valence-electron chi connectivity index (χ2n) is 3.80. The van der Waals surface area contributed by atoms with Gasteiger partial charge < -0.3 is 10.6 Å². The van der Waals surface area contributed by atoms with E-state index in [0.717, 1.165) is 0 Å². The second kappa shape index (κ2) is 6.81. The van der Waals surface area contributed by atoms with E-state index >= 15 is 0 Å². The van der Waals surface area contributed by atoms with Gasteiger partial charge in [0.25, 0.3) is 5.91 Å². The Morgan fingerprint density at radius 1 is 1.33 bits per heavy atom. The third-order valence-electron chi connectivity index (χ3n) is 2.23. The minimum atomic E-state index is -0.631. The van der Waals surface area contributed by atoms with Gasteiger partial charge in [0.2, 0.25) is 5.91 Å². The molecule has 0 aliphatic heterocycles. The number of hydrogen-bond donors (Lipinski definition) is 2. The average molecular weight is 267 g/mol. The van der Waals surface area contributed by atoms with E-state index in [-0.39, 0.29) is 18.4 Å². The lowest BCUT2D eigenvalue weighted by molar-refractivity contribution is -0.122. The van der Waals surface area contributed by atoms with Crippen LogP contribution in [0.1, 0.15) is 17.3 Å². The highest BCUT2D eigenvalue weighted by atomic mass is 35.5. The molecule has 0 saturated carbocycles. The highest BCUT2D eigenvalue weighted by Gasteiger charge is 2.15. The number of rotatable bonds is 5. The average Bonchev–Trinajstić information content (AvgIpc) is 2.36. The first-order chi connectivity index (χ1) is 8.50. The highest BCUT2D eigenvalue weighted by Crippen LogP contribution is 1.99. The van der Waals surface area contributed by atoms with Crippen LogP contribution >= 0.6 is 11.6 Å². The van der Waals surface area contributed by atoms with Crippen LogP contribution in [0.25, 0.3) is 0 Å². The van der Waals surface area contributed by atoms with Gasteiger partial charge in [-0.3, -0.25) is 9.59 Å². The van der Waals surface area contributed by atoms with Crippen molar-refractivity contribution in [3.63, 3.8) is 0 Å². The molecule has 4 nitrogen and oxygen atoms in total. The molecule has 0 fully saturated rings. The van der Waals surface area contributed by atoms with Crippen LogP contribution in [0, 0.1) is 0 Å². The summed E-state index contributed by atoms with van der Waals surface area (Å²) in [6.07, 6.45) is 0. The Balaban J connectivity index is 2.49. The summed E-state index contributed by atoms with van der Waals surface area (Å²) in [7, 11) is 0. The molecule has 1 atom stereocenters. The van der Waals surface area contributed by atoms with Gasteiger partial charge in [0.15, 0.2) is 0 Å². The second-order valence-corrected chi connectivity index (χ2v) is 4.33. The fraction of sp³-hybridized carbons (Fsp3) is 0.231. The largest absolute Gasteiger partial charge is 0.349 e. The van der Waals surface area contributed by atoms with Gasteiger partial charge in [-0.2, -0.15) is 0 Å². The lowest BCUT2D eigenvalue weighted by atomic mass is 10.2. The maximum Gasteiger partial charge on any atom is 0.251 e. The van der Waals surface area contributed by atoms with Gasteiger partial charge in [-0.05, 0) is 19.1 Å². The van der Waals surface area contributed by atoms with Crippen molar-refractivity contribution in [3.8, 4) is 0 Å². The maximum atomic E-state index is 11.8. The Hall–Kier alpha value is -1.81. The van der Waals surface area contributed by atoms with Crippen molar-refractivity contribution in [2.75, 3.05) is 6.54 Å². The maximum absolute atomic E-state index is 11.8. The molecule has 0 radical (unpaired) electrons. The van der Waals surface area contributed by atoms with Crippen LogP contribution in [0.3, 0.4) is 0 Å². The van der Waals surface area contributed by atoms with Gasteiger partial charge in [-0.15, -0.1) is 0 Å². The minimum absolute atomic E-state index is 0.186. The van der Waals surface area contributed by atoms with E-state index in [4.69, 9.17) is 11.6 Å². The van der Waals surface area contributed by atoms with Gasteiger partial charge >= 0.3 is 0 Å². The van der Waals surface area contributed by atoms with Crippen LogP contribution in [-0.4, -0.2) is 24.4 Å². The Bertz CT molecular complexity index is 446. The van der Waals surface area contributed by atoms with Crippen LogP contribution in [-0.2, 0) is 4.79 Å². The summed E-state index contributed by atoms with van der Waals surface area (Å²) in [6.45, 7) is 5.25. The molecule has 0 spiro atoms. The molecule has 0 aliphatic rings. The Kier molecular flexibility index (Phi) is 5.39. The lowest BCUT2D eigenvalue weighted by Gasteiger charge is -2.13. The molecule has 2 N–H and O–H groups in total. The number of hydrogen-bond acceptors (Lipinski definition) is 2. The SMILES string of the molecule is C=C(Cl)CNC(=O)C(C)NC(=O)c1ccccc1. The zero-order valence-electron chi connectivity index (χ0n) is 10.1. The molecular formula is C13H15ClN2O2. The predicted molar refractivity (Wildman–Crippen MR) is 71.4 cm³/mol. The summed E-state index contributed by atoms with van der Waals surface area (Å²) in [6, 6.07) is 8.07. The zero-order chi connectivity index (χ0) is 13.5. The van der Waals surface area contributed by atoms with Gasteiger partial charge in [-0.25, -0.2) is 0 Å². The minimum Gasteiger partial charge on any atom is -0.349 e. The van der Waals surface area contributed by atoms with Crippen LogP contribution in [0.4, 0.5) is 0 Å². The summed E-state index contributed by atoms with van der Waals surface area (Å²) >= 11 is 5.53. The molecule has 0 bridgehead atoms. The lowest BCUT2D eigenvalue weighted by Crippen LogP contribution is -2.45. The van der Waals surface area contributed by atoms with Crippen molar-refractivity contribution in [2.24, 2.45) is 0 Å². The molecule has 1 aromatic rings. The zero-order valence-corrected chi connectivity index (χ0v) is 10.8. The van der Waals surface area contributed by atoms with Crippen molar-refractivity contribution in [1.29, 1.82) is 0 Å². The predicted octanol–water partition coefficient (Wildman–Crippen LogP) is 1.67. The third-order valence-corrected chi connectivity index (χ3v) is 2.36. The van der Waals surface area contributed by atoms with Crippen LogP contribution in [0.15, 0.2) is 41.9 Å². The van der Waals surface area contributed by atoms with Crippen molar-refractivity contribution in [1.82, 2.24) is 10.6 Å². The summed E-state index contributed by atoms with van der Waals surface area (Å²) in [4.78, 5) is 23.4. The highest BCUT2D eigenvalue weighted by molar-refractivity contribution is 6.29. The Morgan fingerprint density at radius 3 is 2.50 bits per heavy atom. The fourth-order valence-electron chi connectivity index (χ4n) is 1.27. The van der Waals surface area contributed by atoms with Crippen LogP contribution in [0.2, 0.25) is 0 Å². The standard InChI is InChI=1S/C13H15ClN2O2/c1-9(14)8-15-12(17)10(2)16-13(18)11-6-4-3-5-7-11/h3-7,10H,1,8H2,2H3,(H,15,17)(H,16,18). The Labute approximate surface area is 111 Å². The van der Waals surface area contributed by atoms with Crippen LogP contribution in [0.5, 0.6) is 0 Å². The molecule has 5 heteroatoms. The summed E-state index contributed by atoms with van der Waals surface area (Å²) in [5.74, 6) is -0.593. The Morgan fingerprint density at radius 2 is 1.94 bits per heavy atom. The van der Waals surface area contributed by atoms with Gasteiger partial charge in [0, 0.05) is 10.6 Å². The molecule has 0 aromatic heterocycles. The fourth-order valence-corrected chi connectivity index (χ4v) is 1.34. The molecule has 1 unspecified atom stereocenters. The molecule has 0 saturated heterocycles. The quantitative estimate of drug-likeness (QED) is 0.852. The molecule has 2 amide bonds. The van der Waals surface area contributed by atoms with E-state index in [0.29, 0.717) is 10.6 Å². The number of halogens is 1. The topological polar surface area (TPSA) is 58.2 Å². The van der Waals surface area contributed by atoms with Gasteiger partial charge in [0.1, 0.15) is 6.04 Å². The molecule has 1 aromatic carbocycles. The van der Waals surface area contributed by atoms with Crippen molar-refractivity contribution < 1.29 is 9.59 Å². The van der Waals surface area contributed by atoms with E-state index in [9.17, 15) is 9.59 Å². The van der Waals surface area contributed by atoms with Crippen molar-refractivity contribution in [3.05, 3.63) is 47.5 Å². The molecule has 0 aliphatic carbocycles. The smallest absolute Gasteiger partial charge is 0.251 e. The molecule has 96 valence electrons. The van der Waals surface area contributed by atoms with E-state index in [1.54, 1.807) is 31.2 Å². The first-order valence-corrected chi connectivity index (χ1v) is 5.85. The first-order valence-electron chi connectivity index (χ1n) is 5.47. The van der Waals surface area contributed by atoms with Crippen molar-refractivity contribution in [2.45, 2.75) is 13.0 Å². The van der Waals surface area contributed by atoms with Crippen LogP contribution < -0.4 is 10.6 Å². The summed E-state index contributed by atoms with van der Waals surface area (Å²) in [5, 5.41) is 5.49. The van der Waals surface area contributed by atoms with Gasteiger partial charge in [0.05, 0.1) is 6.54 Å². The third kappa shape index (κ3) is 4.59. The first kappa shape index (κ1) is 14.3. The molecule has 0 heterocycles. The van der Waals surface area contributed by atoms with Gasteiger partial charge in [-0.1, -0.05) is 36.4 Å². The molecular weight excluding hydrogens is 252 g/mol. The number of carbonyl (C=O) groups is 2. The number of amides is 2. The van der Waals surface area contributed by atoms with E-state index in [1.165, 1.54) is 0 Å². The molecule has 1 rings (SSSR count).